The molecule has 4 heteroatoms. The fourth-order valence-electron chi connectivity index (χ4n) is 1.41. The molecule has 0 heterocycles. The van der Waals surface area contributed by atoms with Gasteiger partial charge in [0, 0.05) is 17.4 Å². The second-order valence-electron chi connectivity index (χ2n) is 3.93. The maximum Gasteiger partial charge on any atom is 0.328 e. The summed E-state index contributed by atoms with van der Waals surface area (Å²) in [7, 11) is 0. The van der Waals surface area contributed by atoms with Gasteiger partial charge in [0.1, 0.15) is 5.82 Å². The van der Waals surface area contributed by atoms with Crippen molar-refractivity contribution in [2.45, 2.75) is 25.5 Å². The Kier molecular flexibility index (Phi) is 6.50. The number of carboxylic acid groups (broad SMARTS) is 1. The molecule has 0 saturated carbocycles. The number of unbranched alkanes of at least 4 members (excludes halogenated alkanes) is 1. The largest absolute Gasteiger partial charge is 0.478 e. The zero-order valence-corrected chi connectivity index (χ0v) is 11.2. The predicted octanol–water partition coefficient (Wildman–Crippen LogP) is 3.96. The van der Waals surface area contributed by atoms with Gasteiger partial charge in [-0.25, -0.2) is 9.18 Å². The lowest BCUT2D eigenvalue weighted by Crippen LogP contribution is -1.90. The van der Waals surface area contributed by atoms with Crippen molar-refractivity contribution in [3.05, 3.63) is 41.2 Å². The van der Waals surface area contributed by atoms with Crippen molar-refractivity contribution in [2.75, 3.05) is 5.75 Å². The van der Waals surface area contributed by atoms with E-state index in [1.807, 2.05) is 11.8 Å². The Morgan fingerprint density at radius 2 is 2.28 bits per heavy atom. The molecule has 0 aliphatic carbocycles. The van der Waals surface area contributed by atoms with Crippen LogP contribution in [0.3, 0.4) is 0 Å². The van der Waals surface area contributed by atoms with Crippen molar-refractivity contribution in [1.29, 1.82) is 0 Å². The van der Waals surface area contributed by atoms with Crippen molar-refractivity contribution in [1.82, 2.24) is 0 Å². The van der Waals surface area contributed by atoms with Crippen LogP contribution < -0.4 is 0 Å². The van der Waals surface area contributed by atoms with Crippen LogP contribution >= 0.6 is 11.8 Å². The summed E-state index contributed by atoms with van der Waals surface area (Å²) in [6.07, 6.45) is 4.59. The molecule has 0 atom stereocenters. The van der Waals surface area contributed by atoms with Crippen LogP contribution in [-0.2, 0) is 10.5 Å². The molecule has 0 aromatic heterocycles. The van der Waals surface area contributed by atoms with Gasteiger partial charge in [-0.2, -0.15) is 11.8 Å². The van der Waals surface area contributed by atoms with Crippen LogP contribution in [0, 0.1) is 5.82 Å². The minimum Gasteiger partial charge on any atom is -0.478 e. The van der Waals surface area contributed by atoms with Gasteiger partial charge >= 0.3 is 5.97 Å². The summed E-state index contributed by atoms with van der Waals surface area (Å²) in [5, 5.41) is 8.52. The second-order valence-corrected chi connectivity index (χ2v) is 5.04. The molecule has 1 aromatic rings. The van der Waals surface area contributed by atoms with Crippen LogP contribution in [0.1, 0.15) is 30.9 Å². The van der Waals surface area contributed by atoms with Crippen molar-refractivity contribution in [2.24, 2.45) is 0 Å². The van der Waals surface area contributed by atoms with Crippen molar-refractivity contribution in [3.8, 4) is 0 Å². The SMILES string of the molecule is CCCCSCc1ccc(F)c(C=CC(=O)O)c1. The van der Waals surface area contributed by atoms with Gasteiger partial charge in [-0.1, -0.05) is 19.4 Å². The summed E-state index contributed by atoms with van der Waals surface area (Å²) in [6.45, 7) is 2.15. The average molecular weight is 268 g/mol. The summed E-state index contributed by atoms with van der Waals surface area (Å²) in [5.74, 6) is 0.453. The van der Waals surface area contributed by atoms with E-state index in [-0.39, 0.29) is 0 Å². The van der Waals surface area contributed by atoms with E-state index in [0.29, 0.717) is 5.56 Å². The molecule has 18 heavy (non-hydrogen) atoms. The monoisotopic (exact) mass is 268 g/mol. The first-order valence-corrected chi connectivity index (χ1v) is 7.06. The number of carboxylic acids is 1. The van der Waals surface area contributed by atoms with Gasteiger partial charge in [-0.15, -0.1) is 0 Å². The molecule has 0 radical (unpaired) electrons. The van der Waals surface area contributed by atoms with Crippen LogP contribution in [0.5, 0.6) is 0 Å². The second kappa shape index (κ2) is 7.93. The zero-order valence-electron chi connectivity index (χ0n) is 10.4. The van der Waals surface area contributed by atoms with E-state index >= 15 is 0 Å². The Balaban J connectivity index is 2.65. The van der Waals surface area contributed by atoms with E-state index in [2.05, 4.69) is 6.92 Å². The Labute approximate surface area is 111 Å². The lowest BCUT2D eigenvalue weighted by Gasteiger charge is -2.04. The lowest BCUT2D eigenvalue weighted by atomic mass is 10.1. The van der Waals surface area contributed by atoms with Crippen LogP contribution in [0.15, 0.2) is 24.3 Å². The maximum atomic E-state index is 13.4. The quantitative estimate of drug-likeness (QED) is 0.601. The third-order valence-electron chi connectivity index (χ3n) is 2.38. The molecule has 0 aliphatic rings. The van der Waals surface area contributed by atoms with Crippen LogP contribution in [0.2, 0.25) is 0 Å². The molecule has 0 unspecified atom stereocenters. The minimum atomic E-state index is -1.07. The third kappa shape index (κ3) is 5.36. The Morgan fingerprint density at radius 1 is 1.50 bits per heavy atom. The maximum absolute atomic E-state index is 13.4. The highest BCUT2D eigenvalue weighted by molar-refractivity contribution is 7.98. The lowest BCUT2D eigenvalue weighted by molar-refractivity contribution is -0.131. The number of hydrogen-bond donors (Lipinski definition) is 1. The molecule has 0 bridgehead atoms. The number of carbonyl (C=O) groups is 1. The molecule has 98 valence electrons. The van der Waals surface area contributed by atoms with E-state index in [1.54, 1.807) is 12.1 Å². The first-order chi connectivity index (χ1) is 8.63. The minimum absolute atomic E-state index is 0.325. The molecule has 1 aromatic carbocycles. The third-order valence-corrected chi connectivity index (χ3v) is 3.49. The fourth-order valence-corrected chi connectivity index (χ4v) is 2.46. The summed E-state index contributed by atoms with van der Waals surface area (Å²) in [4.78, 5) is 10.4. The molecular formula is C14H17FO2S. The number of hydrogen-bond acceptors (Lipinski definition) is 2. The van der Waals surface area contributed by atoms with Crippen molar-refractivity contribution >= 4 is 23.8 Å². The van der Waals surface area contributed by atoms with E-state index in [1.165, 1.54) is 25.0 Å². The summed E-state index contributed by atoms with van der Waals surface area (Å²) < 4.78 is 13.4. The van der Waals surface area contributed by atoms with Gasteiger partial charge < -0.3 is 5.11 Å². The highest BCUT2D eigenvalue weighted by Crippen LogP contribution is 2.18. The Morgan fingerprint density at radius 3 is 2.94 bits per heavy atom. The summed E-state index contributed by atoms with van der Waals surface area (Å²) >= 11 is 1.81. The molecule has 2 nitrogen and oxygen atoms in total. The van der Waals surface area contributed by atoms with Gasteiger partial charge in [0.15, 0.2) is 0 Å². The van der Waals surface area contributed by atoms with E-state index in [4.69, 9.17) is 5.11 Å². The van der Waals surface area contributed by atoms with E-state index in [9.17, 15) is 9.18 Å². The van der Waals surface area contributed by atoms with Crippen molar-refractivity contribution < 1.29 is 14.3 Å². The Bertz CT molecular complexity index is 430. The van der Waals surface area contributed by atoms with E-state index in [0.717, 1.165) is 23.1 Å². The molecule has 0 aliphatic heterocycles. The van der Waals surface area contributed by atoms with Gasteiger partial charge in [0.2, 0.25) is 0 Å². The molecular weight excluding hydrogens is 251 g/mol. The standard InChI is InChI=1S/C14H17FO2S/c1-2-3-8-18-10-11-4-6-13(15)12(9-11)5-7-14(16)17/h4-7,9H,2-3,8,10H2,1H3,(H,16,17). The summed E-state index contributed by atoms with van der Waals surface area (Å²) in [6, 6.07) is 4.83. The first kappa shape index (κ1) is 14.8. The molecule has 0 spiro atoms. The highest BCUT2D eigenvalue weighted by Gasteiger charge is 2.02. The number of benzene rings is 1. The number of aliphatic carboxylic acids is 1. The summed E-state index contributed by atoms with van der Waals surface area (Å²) in [5.41, 5.74) is 1.34. The number of rotatable bonds is 7. The molecule has 0 amide bonds. The van der Waals surface area contributed by atoms with Crippen molar-refractivity contribution in [3.63, 3.8) is 0 Å². The van der Waals surface area contributed by atoms with E-state index < -0.39 is 11.8 Å². The van der Waals surface area contributed by atoms with Gasteiger partial charge in [0.05, 0.1) is 0 Å². The smallest absolute Gasteiger partial charge is 0.328 e. The average Bonchev–Trinajstić information content (AvgIpc) is 2.34. The fraction of sp³-hybridized carbons (Fsp3) is 0.357. The first-order valence-electron chi connectivity index (χ1n) is 5.90. The molecule has 0 saturated heterocycles. The number of thioether (sulfide) groups is 1. The zero-order chi connectivity index (χ0) is 13.4. The molecule has 1 rings (SSSR count). The van der Waals surface area contributed by atoms with Gasteiger partial charge in [-0.3, -0.25) is 0 Å². The van der Waals surface area contributed by atoms with Crippen LogP contribution in [-0.4, -0.2) is 16.8 Å². The molecule has 0 fully saturated rings. The van der Waals surface area contributed by atoms with Gasteiger partial charge in [0.25, 0.3) is 0 Å². The predicted molar refractivity (Wildman–Crippen MR) is 74.1 cm³/mol. The Hall–Kier alpha value is -1.29. The van der Waals surface area contributed by atoms with Crippen LogP contribution in [0.25, 0.3) is 6.08 Å². The normalized spacial score (nSPS) is 11.0. The molecule has 1 N–H and O–H groups in total. The topological polar surface area (TPSA) is 37.3 Å². The highest BCUT2D eigenvalue weighted by atomic mass is 32.2. The number of halogens is 1. The van der Waals surface area contributed by atoms with Gasteiger partial charge in [-0.05, 0) is 35.9 Å². The van der Waals surface area contributed by atoms with Crippen LogP contribution in [0.4, 0.5) is 4.39 Å².